The highest BCUT2D eigenvalue weighted by molar-refractivity contribution is 7.89. The third kappa shape index (κ3) is 7.55. The summed E-state index contributed by atoms with van der Waals surface area (Å²) in [7, 11) is -4.31. The summed E-state index contributed by atoms with van der Waals surface area (Å²) in [5.41, 5.74) is 0.818. The van der Waals surface area contributed by atoms with Gasteiger partial charge in [-0.2, -0.15) is 0 Å². The van der Waals surface area contributed by atoms with Crippen LogP contribution in [0.3, 0.4) is 0 Å². The minimum atomic E-state index is -4.31. The fourth-order valence-corrected chi connectivity index (χ4v) is 6.55. The SMILES string of the molecule is O=C(N[C@@H](Cc1ccccc1)[C@H](O)CN(OC1CCOCC1)S(=O)(=O)c1cccc(O)c1)O[C@H]1CO[C@H]2OCC[C@H]21. The summed E-state index contributed by atoms with van der Waals surface area (Å²) in [5.74, 6) is -0.288. The molecule has 0 saturated carbocycles. The van der Waals surface area contributed by atoms with Crippen molar-refractivity contribution in [2.75, 3.05) is 33.0 Å². The van der Waals surface area contributed by atoms with E-state index in [1.165, 1.54) is 18.2 Å². The molecule has 5 rings (SSSR count). The number of ether oxygens (including phenoxy) is 4. The minimum Gasteiger partial charge on any atom is -0.508 e. The van der Waals surface area contributed by atoms with Crippen molar-refractivity contribution in [3.63, 3.8) is 0 Å². The van der Waals surface area contributed by atoms with Crippen LogP contribution in [0, 0.1) is 5.92 Å². The fourth-order valence-electron chi connectivity index (χ4n) is 5.21. The van der Waals surface area contributed by atoms with Gasteiger partial charge in [0.25, 0.3) is 10.0 Å². The quantitative estimate of drug-likeness (QED) is 0.330. The zero-order valence-electron chi connectivity index (χ0n) is 22.5. The van der Waals surface area contributed by atoms with E-state index in [0.29, 0.717) is 39.1 Å². The highest BCUT2D eigenvalue weighted by Crippen LogP contribution is 2.33. The number of nitrogens with zero attached hydrogens (tertiary/aromatic N) is 1. The van der Waals surface area contributed by atoms with Gasteiger partial charge >= 0.3 is 6.09 Å². The van der Waals surface area contributed by atoms with E-state index in [-0.39, 0.29) is 29.6 Å². The number of aliphatic hydroxyl groups is 1. The first-order chi connectivity index (χ1) is 19.8. The Kier molecular flexibility index (Phi) is 9.75. The number of carbonyl (C=O) groups is 1. The van der Waals surface area contributed by atoms with Crippen LogP contribution in [0.5, 0.6) is 5.75 Å². The van der Waals surface area contributed by atoms with Crippen LogP contribution in [0.4, 0.5) is 4.79 Å². The molecule has 0 spiro atoms. The lowest BCUT2D eigenvalue weighted by molar-refractivity contribution is -0.170. The van der Waals surface area contributed by atoms with Gasteiger partial charge in [0.05, 0.1) is 48.8 Å². The summed E-state index contributed by atoms with van der Waals surface area (Å²) in [6, 6.07) is 13.5. The second-order valence-corrected chi connectivity index (χ2v) is 12.2. The number of rotatable bonds is 11. The van der Waals surface area contributed by atoms with Gasteiger partial charge in [-0.25, -0.2) is 13.2 Å². The number of nitrogens with one attached hydrogen (secondary N) is 1. The van der Waals surface area contributed by atoms with Crippen molar-refractivity contribution in [2.45, 2.75) is 61.2 Å². The maximum Gasteiger partial charge on any atom is 0.407 e. The zero-order chi connectivity index (χ0) is 28.8. The third-order valence-corrected chi connectivity index (χ3v) is 9.09. The number of benzene rings is 2. The number of hydroxylamine groups is 1. The van der Waals surface area contributed by atoms with Gasteiger partial charge < -0.3 is 34.5 Å². The molecule has 5 atom stereocenters. The summed E-state index contributed by atoms with van der Waals surface area (Å²) in [4.78, 5) is 18.7. The Morgan fingerprint density at radius 1 is 1.05 bits per heavy atom. The zero-order valence-corrected chi connectivity index (χ0v) is 23.4. The fraction of sp³-hybridized carbons (Fsp3) is 0.536. The molecule has 13 heteroatoms. The lowest BCUT2D eigenvalue weighted by Gasteiger charge is -2.32. The first-order valence-corrected chi connectivity index (χ1v) is 15.2. The Morgan fingerprint density at radius 2 is 1.83 bits per heavy atom. The summed E-state index contributed by atoms with van der Waals surface area (Å²) >= 11 is 0. The molecule has 12 nitrogen and oxygen atoms in total. The lowest BCUT2D eigenvalue weighted by Crippen LogP contribution is -2.52. The van der Waals surface area contributed by atoms with Crippen molar-refractivity contribution in [3.8, 4) is 5.75 Å². The number of amides is 1. The highest BCUT2D eigenvalue weighted by atomic mass is 32.2. The van der Waals surface area contributed by atoms with Crippen molar-refractivity contribution >= 4 is 16.1 Å². The third-order valence-electron chi connectivity index (χ3n) is 7.46. The van der Waals surface area contributed by atoms with Gasteiger partial charge in [-0.05, 0) is 49.4 Å². The number of sulfonamides is 1. The van der Waals surface area contributed by atoms with E-state index in [1.807, 2.05) is 30.3 Å². The number of alkyl carbamates (subject to hydrolysis) is 1. The standard InChI is InChI=1S/C28H36N2O10S/c31-20-7-4-8-22(16-20)41(34,35)30(40-21-9-12-36-13-10-21)17-25(32)24(15-19-5-2-1-3-6-19)29-28(33)39-26-18-38-27-23(26)11-14-37-27/h1-8,16,21,23-27,31-32H,9-15,17-18H2,(H,29,33)/t23-,24-,25+,26-,27+/m0/s1. The molecule has 2 aromatic rings. The average molecular weight is 593 g/mol. The smallest absolute Gasteiger partial charge is 0.407 e. The maximum absolute atomic E-state index is 13.6. The van der Waals surface area contributed by atoms with Gasteiger partial charge in [-0.1, -0.05) is 40.9 Å². The molecule has 3 aliphatic rings. The Hall–Kier alpha value is -2.78. The van der Waals surface area contributed by atoms with Gasteiger partial charge in [-0.3, -0.25) is 4.84 Å². The first kappa shape index (κ1) is 29.7. The van der Waals surface area contributed by atoms with E-state index in [9.17, 15) is 23.4 Å². The van der Waals surface area contributed by atoms with E-state index < -0.39 is 53.3 Å². The van der Waals surface area contributed by atoms with Crippen LogP contribution in [-0.4, -0.2) is 92.8 Å². The molecule has 0 aromatic heterocycles. The summed E-state index contributed by atoms with van der Waals surface area (Å²) in [6.45, 7) is 1.08. The number of aliphatic hydroxyl groups excluding tert-OH is 1. The molecule has 3 fully saturated rings. The maximum atomic E-state index is 13.6. The van der Waals surface area contributed by atoms with Gasteiger partial charge in [0.2, 0.25) is 0 Å². The predicted molar refractivity (Wildman–Crippen MR) is 144 cm³/mol. The second-order valence-electron chi connectivity index (χ2n) is 10.4. The number of hydrogen-bond donors (Lipinski definition) is 3. The summed E-state index contributed by atoms with van der Waals surface area (Å²) in [6.07, 6.45) is -1.64. The molecule has 3 saturated heterocycles. The molecule has 3 N–H and O–H groups in total. The lowest BCUT2D eigenvalue weighted by atomic mass is 10.0. The molecule has 0 radical (unpaired) electrons. The molecule has 3 aliphatic heterocycles. The molecule has 0 bridgehead atoms. The van der Waals surface area contributed by atoms with Crippen LogP contribution >= 0.6 is 0 Å². The molecule has 41 heavy (non-hydrogen) atoms. The van der Waals surface area contributed by atoms with Crippen molar-refractivity contribution < 1.29 is 47.2 Å². The Bertz CT molecular complexity index is 1260. The van der Waals surface area contributed by atoms with E-state index >= 15 is 0 Å². The van der Waals surface area contributed by atoms with E-state index in [4.69, 9.17) is 23.8 Å². The molecule has 224 valence electrons. The van der Waals surface area contributed by atoms with Crippen LogP contribution in [0.25, 0.3) is 0 Å². The monoisotopic (exact) mass is 592 g/mol. The van der Waals surface area contributed by atoms with Gasteiger partial charge in [0, 0.05) is 13.2 Å². The van der Waals surface area contributed by atoms with E-state index in [2.05, 4.69) is 5.32 Å². The van der Waals surface area contributed by atoms with Crippen molar-refractivity contribution in [1.82, 2.24) is 9.79 Å². The van der Waals surface area contributed by atoms with Crippen molar-refractivity contribution in [3.05, 3.63) is 60.2 Å². The predicted octanol–water partition coefficient (Wildman–Crippen LogP) is 1.95. The van der Waals surface area contributed by atoms with Crippen LogP contribution in [0.1, 0.15) is 24.8 Å². The van der Waals surface area contributed by atoms with Crippen molar-refractivity contribution in [1.29, 1.82) is 0 Å². The topological polar surface area (TPSA) is 153 Å². The number of hydrogen-bond acceptors (Lipinski definition) is 10. The molecule has 0 aliphatic carbocycles. The largest absolute Gasteiger partial charge is 0.508 e. The normalized spacial score (nSPS) is 24.6. The molecule has 1 amide bonds. The summed E-state index contributed by atoms with van der Waals surface area (Å²) < 4.78 is 50.1. The van der Waals surface area contributed by atoms with Crippen LogP contribution in [-0.2, 0) is 40.2 Å². The Morgan fingerprint density at radius 3 is 2.59 bits per heavy atom. The van der Waals surface area contributed by atoms with E-state index in [0.717, 1.165) is 16.1 Å². The minimum absolute atomic E-state index is 0.0611. The summed E-state index contributed by atoms with van der Waals surface area (Å²) in [5, 5.41) is 24.1. The van der Waals surface area contributed by atoms with Gasteiger partial charge in [0.1, 0.15) is 11.9 Å². The highest BCUT2D eigenvalue weighted by Gasteiger charge is 2.44. The van der Waals surface area contributed by atoms with Crippen LogP contribution in [0.2, 0.25) is 0 Å². The number of aromatic hydroxyl groups is 1. The molecule has 3 heterocycles. The van der Waals surface area contributed by atoms with E-state index in [1.54, 1.807) is 0 Å². The van der Waals surface area contributed by atoms with Gasteiger partial charge in [-0.15, -0.1) is 0 Å². The Labute approximate surface area is 239 Å². The van der Waals surface area contributed by atoms with Crippen LogP contribution in [0.15, 0.2) is 59.5 Å². The number of carbonyl (C=O) groups excluding carboxylic acids is 1. The average Bonchev–Trinajstić information content (AvgIpc) is 3.59. The van der Waals surface area contributed by atoms with Gasteiger partial charge in [0.15, 0.2) is 6.29 Å². The second kappa shape index (κ2) is 13.5. The molecule has 0 unspecified atom stereocenters. The number of fused-ring (bicyclic) bond motifs is 1. The molecule has 2 aromatic carbocycles. The first-order valence-electron chi connectivity index (χ1n) is 13.8. The Balaban J connectivity index is 1.34. The number of phenolic OH excluding ortho intramolecular Hbond substituents is 1. The van der Waals surface area contributed by atoms with Crippen molar-refractivity contribution in [2.24, 2.45) is 5.92 Å². The number of phenols is 1. The molecular weight excluding hydrogens is 556 g/mol. The molecular formula is C28H36N2O10S. The van der Waals surface area contributed by atoms with Crippen LogP contribution < -0.4 is 5.32 Å².